The van der Waals surface area contributed by atoms with Gasteiger partial charge in [0.05, 0.1) is 27.5 Å². The molecular formula is C22H13Cl4N3O4. The van der Waals surface area contributed by atoms with Crippen LogP contribution in [0.2, 0.25) is 20.1 Å². The van der Waals surface area contributed by atoms with Crippen LogP contribution >= 0.6 is 46.4 Å². The monoisotopic (exact) mass is 523 g/mol. The Morgan fingerprint density at radius 1 is 0.788 bits per heavy atom. The molecule has 0 atom stereocenters. The normalized spacial score (nSPS) is 10.7. The van der Waals surface area contributed by atoms with Gasteiger partial charge < -0.3 is 10.1 Å². The van der Waals surface area contributed by atoms with Gasteiger partial charge >= 0.3 is 17.8 Å². The van der Waals surface area contributed by atoms with Crippen molar-refractivity contribution in [3.63, 3.8) is 0 Å². The molecule has 168 valence electrons. The minimum Gasteiger partial charge on any atom is -0.423 e. The molecule has 0 aliphatic heterocycles. The van der Waals surface area contributed by atoms with E-state index in [2.05, 4.69) is 15.8 Å². The smallest absolute Gasteiger partial charge is 0.345 e. The minimum atomic E-state index is -1.01. The Morgan fingerprint density at radius 2 is 1.45 bits per heavy atom. The number of amides is 2. The molecule has 0 bridgehead atoms. The van der Waals surface area contributed by atoms with Crippen molar-refractivity contribution in [2.45, 2.75) is 0 Å². The second kappa shape index (κ2) is 11.2. The quantitative estimate of drug-likeness (QED) is 0.149. The maximum Gasteiger partial charge on any atom is 0.345 e. The van der Waals surface area contributed by atoms with E-state index in [-0.39, 0.29) is 27.0 Å². The number of carbonyl (C=O) groups excluding carboxylic acids is 3. The zero-order valence-electron chi connectivity index (χ0n) is 16.4. The number of ether oxygens (including phenoxy) is 1. The number of esters is 1. The van der Waals surface area contributed by atoms with Crippen LogP contribution in [-0.4, -0.2) is 24.0 Å². The summed E-state index contributed by atoms with van der Waals surface area (Å²) in [6.45, 7) is 0. The van der Waals surface area contributed by atoms with E-state index >= 15 is 0 Å². The van der Waals surface area contributed by atoms with Crippen molar-refractivity contribution in [1.82, 2.24) is 5.43 Å². The Labute approximate surface area is 208 Å². The van der Waals surface area contributed by atoms with Gasteiger partial charge in [-0.05, 0) is 66.2 Å². The van der Waals surface area contributed by atoms with Crippen LogP contribution < -0.4 is 15.5 Å². The van der Waals surface area contributed by atoms with Crippen molar-refractivity contribution in [3.05, 3.63) is 91.9 Å². The molecule has 0 aliphatic carbocycles. The lowest BCUT2D eigenvalue weighted by Crippen LogP contribution is -2.32. The highest BCUT2D eigenvalue weighted by atomic mass is 35.5. The van der Waals surface area contributed by atoms with Gasteiger partial charge in [0, 0.05) is 10.0 Å². The molecule has 2 amide bonds. The molecule has 0 spiro atoms. The molecule has 11 heteroatoms. The van der Waals surface area contributed by atoms with Crippen molar-refractivity contribution in [2.75, 3.05) is 5.32 Å². The number of carbonyl (C=O) groups is 3. The summed E-state index contributed by atoms with van der Waals surface area (Å²) in [6.07, 6.45) is 1.30. The number of halogens is 4. The molecule has 0 aliphatic rings. The average Bonchev–Trinajstić information content (AvgIpc) is 2.77. The van der Waals surface area contributed by atoms with Crippen molar-refractivity contribution >= 4 is 76.1 Å². The second-order valence-corrected chi connectivity index (χ2v) is 8.05. The first kappa shape index (κ1) is 24.5. The first-order valence-corrected chi connectivity index (χ1v) is 10.6. The zero-order valence-corrected chi connectivity index (χ0v) is 19.5. The number of hydrogen-bond donors (Lipinski definition) is 2. The van der Waals surface area contributed by atoms with Crippen molar-refractivity contribution in [1.29, 1.82) is 0 Å². The Balaban J connectivity index is 1.54. The van der Waals surface area contributed by atoms with Gasteiger partial charge in [0.1, 0.15) is 5.75 Å². The third kappa shape index (κ3) is 6.94. The Morgan fingerprint density at radius 3 is 2.15 bits per heavy atom. The number of rotatable bonds is 5. The van der Waals surface area contributed by atoms with Crippen LogP contribution in [0, 0.1) is 0 Å². The standard InChI is InChI=1S/C22H13Cl4N3O4/c23-13-3-7-16(18(26)9-13)22(32)33-15-5-1-12(2-6-15)11-27-29-21(31)20(30)28-19-10-14(24)4-8-17(19)25/h1-11H,(H,28,30)(H,29,31). The fraction of sp³-hybridized carbons (Fsp3) is 0. The van der Waals surface area contributed by atoms with Gasteiger partial charge in [-0.25, -0.2) is 10.2 Å². The number of nitrogens with one attached hydrogen (secondary N) is 2. The Hall–Kier alpha value is -3.10. The lowest BCUT2D eigenvalue weighted by Gasteiger charge is -2.07. The Bertz CT molecular complexity index is 1250. The summed E-state index contributed by atoms with van der Waals surface area (Å²) in [5.41, 5.74) is 3.03. The Kier molecular flexibility index (Phi) is 8.30. The minimum absolute atomic E-state index is 0.173. The summed E-state index contributed by atoms with van der Waals surface area (Å²) in [6, 6.07) is 15.1. The largest absolute Gasteiger partial charge is 0.423 e. The summed E-state index contributed by atoms with van der Waals surface area (Å²) in [5, 5.41) is 7.21. The van der Waals surface area contributed by atoms with Crippen molar-refractivity contribution in [2.24, 2.45) is 5.10 Å². The van der Waals surface area contributed by atoms with Crippen LogP contribution in [-0.2, 0) is 9.59 Å². The molecule has 3 aromatic rings. The fourth-order valence-corrected chi connectivity index (χ4v) is 3.25. The predicted octanol–water partition coefficient (Wildman–Crippen LogP) is 5.61. The van der Waals surface area contributed by atoms with Crippen LogP contribution in [0.3, 0.4) is 0 Å². The summed E-state index contributed by atoms with van der Waals surface area (Å²) in [7, 11) is 0. The first-order chi connectivity index (χ1) is 15.7. The van der Waals surface area contributed by atoms with Gasteiger partial charge in [-0.1, -0.05) is 46.4 Å². The molecule has 3 rings (SSSR count). The van der Waals surface area contributed by atoms with Crippen LogP contribution in [0.1, 0.15) is 15.9 Å². The molecule has 7 nitrogen and oxygen atoms in total. The van der Waals surface area contributed by atoms with Crippen molar-refractivity contribution in [3.8, 4) is 5.75 Å². The van der Waals surface area contributed by atoms with Crippen LogP contribution in [0.15, 0.2) is 65.8 Å². The SMILES string of the molecule is O=C(NN=Cc1ccc(OC(=O)c2ccc(Cl)cc2Cl)cc1)C(=O)Nc1cc(Cl)ccc1Cl. The van der Waals surface area contributed by atoms with E-state index in [4.69, 9.17) is 51.1 Å². The summed E-state index contributed by atoms with van der Waals surface area (Å²) in [5.74, 6) is -2.35. The topological polar surface area (TPSA) is 96.9 Å². The van der Waals surface area contributed by atoms with Crippen LogP contribution in [0.4, 0.5) is 5.69 Å². The summed E-state index contributed by atoms with van der Waals surface area (Å²) < 4.78 is 5.27. The van der Waals surface area contributed by atoms with Crippen LogP contribution in [0.5, 0.6) is 5.75 Å². The fourth-order valence-electron chi connectivity index (χ4n) is 2.43. The number of benzene rings is 3. The second-order valence-electron chi connectivity index (χ2n) is 6.36. The lowest BCUT2D eigenvalue weighted by atomic mass is 10.2. The maximum absolute atomic E-state index is 12.2. The highest BCUT2D eigenvalue weighted by Crippen LogP contribution is 2.25. The van der Waals surface area contributed by atoms with Gasteiger partial charge in [0.25, 0.3) is 0 Å². The number of hydrogen-bond acceptors (Lipinski definition) is 5. The molecule has 3 aromatic carbocycles. The molecule has 0 saturated heterocycles. The molecular weight excluding hydrogens is 512 g/mol. The maximum atomic E-state index is 12.2. The predicted molar refractivity (Wildman–Crippen MR) is 129 cm³/mol. The van der Waals surface area contributed by atoms with E-state index in [1.54, 1.807) is 18.2 Å². The van der Waals surface area contributed by atoms with Gasteiger partial charge in [-0.2, -0.15) is 5.10 Å². The summed E-state index contributed by atoms with van der Waals surface area (Å²) in [4.78, 5) is 36.1. The van der Waals surface area contributed by atoms with E-state index in [0.717, 1.165) is 0 Å². The molecule has 0 aromatic heterocycles. The molecule has 2 N–H and O–H groups in total. The summed E-state index contributed by atoms with van der Waals surface area (Å²) >= 11 is 23.6. The number of hydrazone groups is 1. The molecule has 0 unspecified atom stereocenters. The van der Waals surface area contributed by atoms with Crippen LogP contribution in [0.25, 0.3) is 0 Å². The molecule has 0 saturated carbocycles. The van der Waals surface area contributed by atoms with E-state index in [1.165, 1.54) is 48.7 Å². The third-order valence-corrected chi connectivity index (χ3v) is 5.12. The van der Waals surface area contributed by atoms with E-state index < -0.39 is 17.8 Å². The molecule has 0 heterocycles. The molecule has 0 fully saturated rings. The van der Waals surface area contributed by atoms with Crippen molar-refractivity contribution < 1.29 is 19.1 Å². The van der Waals surface area contributed by atoms with Gasteiger partial charge in [-0.3, -0.25) is 9.59 Å². The highest BCUT2D eigenvalue weighted by molar-refractivity contribution is 6.42. The third-order valence-electron chi connectivity index (χ3n) is 4.00. The van der Waals surface area contributed by atoms with E-state index in [9.17, 15) is 14.4 Å². The van der Waals surface area contributed by atoms with Gasteiger partial charge in [0.15, 0.2) is 0 Å². The van der Waals surface area contributed by atoms with Gasteiger partial charge in [0.2, 0.25) is 0 Å². The highest BCUT2D eigenvalue weighted by Gasteiger charge is 2.15. The number of nitrogens with zero attached hydrogens (tertiary/aromatic N) is 1. The van der Waals surface area contributed by atoms with E-state index in [0.29, 0.717) is 15.6 Å². The molecule has 33 heavy (non-hydrogen) atoms. The van der Waals surface area contributed by atoms with E-state index in [1.807, 2.05) is 0 Å². The average molecular weight is 525 g/mol. The first-order valence-electron chi connectivity index (χ1n) is 9.09. The number of anilines is 1. The zero-order chi connectivity index (χ0) is 24.0. The van der Waals surface area contributed by atoms with Gasteiger partial charge in [-0.15, -0.1) is 0 Å². The molecule has 0 radical (unpaired) electrons. The lowest BCUT2D eigenvalue weighted by molar-refractivity contribution is -0.136.